The lowest BCUT2D eigenvalue weighted by Crippen LogP contribution is -2.45. The lowest BCUT2D eigenvalue weighted by Gasteiger charge is -2.31. The number of allylic oxidation sites excluding steroid dienone is 2. The molecule has 2 aliphatic heterocycles. The van der Waals surface area contributed by atoms with E-state index in [1.165, 1.54) is 11.3 Å². The maximum absolute atomic E-state index is 12.6. The van der Waals surface area contributed by atoms with Crippen molar-refractivity contribution in [1.29, 1.82) is 0 Å². The Kier molecular flexibility index (Phi) is 7.87. The molecule has 190 valence electrons. The number of amides is 2. The van der Waals surface area contributed by atoms with Gasteiger partial charge in [0.1, 0.15) is 10.8 Å². The number of rotatable bonds is 9. The molecule has 3 N–H and O–H groups in total. The van der Waals surface area contributed by atoms with Crippen LogP contribution in [0.4, 0.5) is 5.13 Å². The van der Waals surface area contributed by atoms with Gasteiger partial charge < -0.3 is 20.8 Å². The minimum atomic E-state index is -0.103. The van der Waals surface area contributed by atoms with Crippen LogP contribution in [0.5, 0.6) is 0 Å². The first kappa shape index (κ1) is 24.4. The average Bonchev–Trinajstić information content (AvgIpc) is 3.64. The van der Waals surface area contributed by atoms with Gasteiger partial charge in [0.15, 0.2) is 0 Å². The Morgan fingerprint density at radius 3 is 2.94 bits per heavy atom. The highest BCUT2D eigenvalue weighted by Gasteiger charge is 2.31. The molecule has 2 aromatic heterocycles. The number of aromatic nitrogens is 3. The van der Waals surface area contributed by atoms with Gasteiger partial charge in [-0.1, -0.05) is 17.4 Å². The fourth-order valence-corrected chi connectivity index (χ4v) is 5.81. The van der Waals surface area contributed by atoms with Crippen molar-refractivity contribution < 1.29 is 14.3 Å². The van der Waals surface area contributed by atoms with Crippen molar-refractivity contribution in [3.63, 3.8) is 0 Å². The van der Waals surface area contributed by atoms with Gasteiger partial charge in [0, 0.05) is 37.2 Å². The lowest BCUT2D eigenvalue weighted by atomic mass is 10.1. The SMILES string of the molecule is O=C(Cc1ccccn1)NC1=CC=CNN1C[C@@H]1CC[C@H](c2nnc(NC(=O)C[C@H]3CCCO3)s2)C1. The number of hydrogen-bond donors (Lipinski definition) is 3. The summed E-state index contributed by atoms with van der Waals surface area (Å²) in [4.78, 5) is 29.1. The van der Waals surface area contributed by atoms with E-state index in [0.29, 0.717) is 23.4 Å². The predicted octanol–water partition coefficient (Wildman–Crippen LogP) is 2.86. The minimum absolute atomic E-state index is 0.0185. The molecular formula is C25H31N7O3S. The van der Waals surface area contributed by atoms with Crippen molar-refractivity contribution >= 4 is 28.3 Å². The molecule has 1 saturated carbocycles. The third-order valence-corrected chi connectivity index (χ3v) is 7.66. The topological polar surface area (TPSA) is 121 Å². The van der Waals surface area contributed by atoms with E-state index in [4.69, 9.17) is 4.74 Å². The van der Waals surface area contributed by atoms with Crippen LogP contribution in [-0.2, 0) is 20.7 Å². The number of nitrogens with one attached hydrogen (secondary N) is 3. The summed E-state index contributed by atoms with van der Waals surface area (Å²) in [5.41, 5.74) is 3.98. The summed E-state index contributed by atoms with van der Waals surface area (Å²) in [7, 11) is 0. The Bertz CT molecular complexity index is 1110. The lowest BCUT2D eigenvalue weighted by molar-refractivity contribution is -0.120. The molecule has 3 atom stereocenters. The number of hydrazine groups is 1. The fraction of sp³-hybridized carbons (Fsp3) is 0.480. The Labute approximate surface area is 214 Å². The number of hydrogen-bond acceptors (Lipinski definition) is 9. The van der Waals surface area contributed by atoms with E-state index in [-0.39, 0.29) is 24.3 Å². The highest BCUT2D eigenvalue weighted by molar-refractivity contribution is 7.15. The molecule has 0 bridgehead atoms. The number of ether oxygens (including phenoxy) is 1. The zero-order valence-electron chi connectivity index (χ0n) is 20.1. The molecule has 5 rings (SSSR count). The van der Waals surface area contributed by atoms with Crippen LogP contribution in [0.25, 0.3) is 0 Å². The van der Waals surface area contributed by atoms with Crippen molar-refractivity contribution in [3.8, 4) is 0 Å². The molecule has 2 aromatic rings. The first-order valence-electron chi connectivity index (χ1n) is 12.5. The molecule has 10 nitrogen and oxygen atoms in total. The number of nitrogens with zero attached hydrogens (tertiary/aromatic N) is 4. The van der Waals surface area contributed by atoms with Gasteiger partial charge >= 0.3 is 0 Å². The van der Waals surface area contributed by atoms with E-state index in [0.717, 1.165) is 61.8 Å². The molecule has 0 aromatic carbocycles. The van der Waals surface area contributed by atoms with Crippen LogP contribution in [0.15, 0.2) is 48.6 Å². The van der Waals surface area contributed by atoms with Gasteiger partial charge in [-0.25, -0.2) is 0 Å². The number of pyridine rings is 1. The summed E-state index contributed by atoms with van der Waals surface area (Å²) in [6, 6.07) is 5.56. The molecule has 0 radical (unpaired) electrons. The van der Waals surface area contributed by atoms with Gasteiger partial charge in [0.25, 0.3) is 0 Å². The first-order valence-corrected chi connectivity index (χ1v) is 13.3. The molecule has 0 unspecified atom stereocenters. The van der Waals surface area contributed by atoms with Crippen LogP contribution in [-0.4, -0.2) is 51.3 Å². The van der Waals surface area contributed by atoms with Gasteiger partial charge in [0.2, 0.25) is 16.9 Å². The predicted molar refractivity (Wildman–Crippen MR) is 135 cm³/mol. The van der Waals surface area contributed by atoms with Gasteiger partial charge in [0.05, 0.1) is 18.9 Å². The summed E-state index contributed by atoms with van der Waals surface area (Å²) in [6.07, 6.45) is 13.0. The smallest absolute Gasteiger partial charge is 0.231 e. The Balaban J connectivity index is 1.10. The largest absolute Gasteiger partial charge is 0.378 e. The van der Waals surface area contributed by atoms with Crippen molar-refractivity contribution in [2.45, 2.75) is 57.0 Å². The second-order valence-electron chi connectivity index (χ2n) is 9.41. The molecule has 4 heterocycles. The molecule has 11 heteroatoms. The van der Waals surface area contributed by atoms with E-state index in [9.17, 15) is 9.59 Å². The van der Waals surface area contributed by atoms with E-state index in [1.807, 2.05) is 41.6 Å². The van der Waals surface area contributed by atoms with Crippen LogP contribution in [0, 0.1) is 5.92 Å². The van der Waals surface area contributed by atoms with E-state index < -0.39 is 0 Å². The summed E-state index contributed by atoms with van der Waals surface area (Å²) < 4.78 is 5.54. The third-order valence-electron chi connectivity index (χ3n) is 6.66. The molecule has 0 spiro atoms. The van der Waals surface area contributed by atoms with Crippen molar-refractivity contribution in [1.82, 2.24) is 30.9 Å². The number of carbonyl (C=O) groups excluding carboxylic acids is 2. The molecule has 2 fully saturated rings. The monoisotopic (exact) mass is 509 g/mol. The van der Waals surface area contributed by atoms with E-state index in [2.05, 4.69) is 31.2 Å². The molecule has 2 amide bonds. The van der Waals surface area contributed by atoms with Gasteiger partial charge in [-0.2, -0.15) is 0 Å². The van der Waals surface area contributed by atoms with Crippen LogP contribution in [0.1, 0.15) is 55.1 Å². The van der Waals surface area contributed by atoms with Crippen molar-refractivity contribution in [2.24, 2.45) is 5.92 Å². The Morgan fingerprint density at radius 1 is 1.17 bits per heavy atom. The van der Waals surface area contributed by atoms with Crippen molar-refractivity contribution in [3.05, 3.63) is 59.3 Å². The molecule has 1 saturated heterocycles. The standard InChI is InChI=1S/C25H31N7O3S/c33-22(14-19-5-1-2-10-26-19)28-21-7-3-11-27-32(21)16-17-8-9-18(13-17)24-30-31-25(36-24)29-23(34)15-20-6-4-12-35-20/h1-3,5,7,10-11,17-18,20,27H,4,6,8-9,12-16H2,(H,28,33)(H,29,31,34)/t17-,18+,20-/m1/s1. The first-order chi connectivity index (χ1) is 17.6. The number of anilines is 1. The second kappa shape index (κ2) is 11.6. The molecule has 36 heavy (non-hydrogen) atoms. The Morgan fingerprint density at radius 2 is 2.11 bits per heavy atom. The van der Waals surface area contributed by atoms with E-state index >= 15 is 0 Å². The highest BCUT2D eigenvalue weighted by Crippen LogP contribution is 2.40. The summed E-state index contributed by atoms with van der Waals surface area (Å²) in [5.74, 6) is 1.32. The van der Waals surface area contributed by atoms with Crippen LogP contribution >= 0.6 is 11.3 Å². The van der Waals surface area contributed by atoms with Gasteiger partial charge in [-0.05, 0) is 62.3 Å². The minimum Gasteiger partial charge on any atom is -0.378 e. The van der Waals surface area contributed by atoms with E-state index in [1.54, 1.807) is 6.20 Å². The quantitative estimate of drug-likeness (QED) is 0.472. The Hall–Kier alpha value is -3.31. The van der Waals surface area contributed by atoms with Crippen LogP contribution in [0.3, 0.4) is 0 Å². The highest BCUT2D eigenvalue weighted by atomic mass is 32.1. The maximum Gasteiger partial charge on any atom is 0.231 e. The van der Waals surface area contributed by atoms with Crippen LogP contribution < -0.4 is 16.1 Å². The normalized spacial score (nSPS) is 23.3. The second-order valence-corrected chi connectivity index (χ2v) is 10.4. The fourth-order valence-electron chi connectivity index (χ4n) is 4.90. The molecule has 1 aliphatic carbocycles. The van der Waals surface area contributed by atoms with Crippen molar-refractivity contribution in [2.75, 3.05) is 18.5 Å². The maximum atomic E-state index is 12.6. The zero-order valence-corrected chi connectivity index (χ0v) is 20.9. The van der Waals surface area contributed by atoms with Gasteiger partial charge in [-0.3, -0.25) is 19.6 Å². The third kappa shape index (κ3) is 6.46. The summed E-state index contributed by atoms with van der Waals surface area (Å²) in [5, 5.41) is 18.0. The summed E-state index contributed by atoms with van der Waals surface area (Å²) >= 11 is 1.46. The molecular weight excluding hydrogens is 478 g/mol. The van der Waals surface area contributed by atoms with Crippen LogP contribution in [0.2, 0.25) is 0 Å². The summed E-state index contributed by atoms with van der Waals surface area (Å²) in [6.45, 7) is 1.50. The van der Waals surface area contributed by atoms with Gasteiger partial charge in [-0.15, -0.1) is 10.2 Å². The number of carbonyl (C=O) groups is 2. The molecule has 3 aliphatic rings. The average molecular weight is 510 g/mol. The zero-order chi connectivity index (χ0) is 24.7.